The summed E-state index contributed by atoms with van der Waals surface area (Å²) in [5, 5.41) is 1.62. The molecule has 0 amide bonds. The summed E-state index contributed by atoms with van der Waals surface area (Å²) in [4.78, 5) is 14.1. The molecule has 1 aromatic heterocycles. The molecule has 11 heteroatoms. The number of benzene rings is 4. The highest BCUT2D eigenvalue weighted by Gasteiger charge is 2.26. The fraction of sp³-hybridized carbons (Fsp3) is 0.289. The molecule has 1 saturated heterocycles. The summed E-state index contributed by atoms with van der Waals surface area (Å²) >= 11 is 8.46. The molecule has 8 nitrogen and oxygen atoms in total. The third-order valence-corrected chi connectivity index (χ3v) is 11.4. The maximum absolute atomic E-state index is 13.1. The van der Waals surface area contributed by atoms with E-state index in [1.54, 1.807) is 24.3 Å². The van der Waals surface area contributed by atoms with Crippen LogP contribution in [0.5, 0.6) is 5.75 Å². The Morgan fingerprint density at radius 2 is 1.63 bits per heavy atom. The van der Waals surface area contributed by atoms with Crippen LogP contribution in [0.3, 0.4) is 0 Å². The van der Waals surface area contributed by atoms with Crippen LogP contribution < -0.4 is 9.46 Å². The normalized spacial score (nSPS) is 13.7. The van der Waals surface area contributed by atoms with Crippen LogP contribution in [0.25, 0.3) is 10.9 Å². The predicted octanol–water partition coefficient (Wildman–Crippen LogP) is 6.81. The van der Waals surface area contributed by atoms with Gasteiger partial charge in [-0.1, -0.05) is 72.3 Å². The van der Waals surface area contributed by atoms with Gasteiger partial charge in [-0.25, -0.2) is 17.9 Å². The third kappa shape index (κ3) is 8.69. The summed E-state index contributed by atoms with van der Waals surface area (Å²) in [6.07, 6.45) is 1.01. The molecule has 2 heterocycles. The monoisotopic (exact) mass is 717 g/mol. The molecular weight excluding hydrogens is 678 g/mol. The number of hydrogen-bond donors (Lipinski definition) is 1. The zero-order valence-corrected chi connectivity index (χ0v) is 29.8. The number of aromatic nitrogens is 1. The SMILES string of the molecule is COC(=O)c1ccc(OCCc2c(CCNS(=O)(=O)CCN3CCSC3)n(C(c3ccccc3)c3ccccc3)c3ccc(Cl)cc23)cc1. The molecule has 0 atom stereocenters. The summed E-state index contributed by atoms with van der Waals surface area (Å²) in [5.74, 6) is 2.21. The number of sulfonamides is 1. The molecule has 1 aliphatic rings. The van der Waals surface area contributed by atoms with Crippen molar-refractivity contribution in [2.45, 2.75) is 18.9 Å². The molecule has 0 radical (unpaired) electrons. The van der Waals surface area contributed by atoms with Gasteiger partial charge in [0.2, 0.25) is 10.0 Å². The summed E-state index contributed by atoms with van der Waals surface area (Å²) < 4.78 is 42.5. The van der Waals surface area contributed by atoms with E-state index in [0.717, 1.165) is 51.5 Å². The van der Waals surface area contributed by atoms with Crippen LogP contribution in [-0.4, -0.2) is 74.6 Å². The van der Waals surface area contributed by atoms with Crippen LogP contribution in [0.2, 0.25) is 5.02 Å². The van der Waals surface area contributed by atoms with Gasteiger partial charge in [-0.05, 0) is 59.2 Å². The number of halogens is 1. The smallest absolute Gasteiger partial charge is 0.337 e. The highest BCUT2D eigenvalue weighted by molar-refractivity contribution is 7.99. The van der Waals surface area contributed by atoms with Gasteiger partial charge in [0, 0.05) is 65.7 Å². The maximum Gasteiger partial charge on any atom is 0.337 e. The molecule has 4 aromatic carbocycles. The van der Waals surface area contributed by atoms with Crippen molar-refractivity contribution in [3.05, 3.63) is 136 Å². The highest BCUT2D eigenvalue weighted by Crippen LogP contribution is 2.37. The third-order valence-electron chi connectivity index (χ3n) is 8.75. The van der Waals surface area contributed by atoms with Gasteiger partial charge in [0.1, 0.15) is 5.75 Å². The van der Waals surface area contributed by atoms with Crippen molar-refractivity contribution in [1.82, 2.24) is 14.2 Å². The summed E-state index contributed by atoms with van der Waals surface area (Å²) in [7, 11) is -2.13. The van der Waals surface area contributed by atoms with Crippen LogP contribution in [0, 0.1) is 0 Å². The van der Waals surface area contributed by atoms with Gasteiger partial charge in [-0.3, -0.25) is 4.90 Å². The molecule has 1 fully saturated rings. The molecule has 5 aromatic rings. The fourth-order valence-electron chi connectivity index (χ4n) is 6.36. The zero-order chi connectivity index (χ0) is 34.2. The Morgan fingerprint density at radius 1 is 0.939 bits per heavy atom. The number of fused-ring (bicyclic) bond motifs is 1. The van der Waals surface area contributed by atoms with Crippen molar-refractivity contribution in [1.29, 1.82) is 0 Å². The summed E-state index contributed by atoms with van der Waals surface area (Å²) in [6.45, 7) is 2.05. The van der Waals surface area contributed by atoms with E-state index in [0.29, 0.717) is 42.3 Å². The highest BCUT2D eigenvalue weighted by atomic mass is 35.5. The van der Waals surface area contributed by atoms with Crippen molar-refractivity contribution in [3.8, 4) is 5.75 Å². The molecule has 6 rings (SSSR count). The van der Waals surface area contributed by atoms with Crippen LogP contribution in [-0.2, 0) is 27.6 Å². The lowest BCUT2D eigenvalue weighted by Crippen LogP contribution is -2.34. The number of methoxy groups -OCH3 is 1. The van der Waals surface area contributed by atoms with Crippen LogP contribution in [0.4, 0.5) is 0 Å². The van der Waals surface area contributed by atoms with Crippen molar-refractivity contribution >= 4 is 50.3 Å². The molecule has 1 aliphatic heterocycles. The number of nitrogens with one attached hydrogen (secondary N) is 1. The molecule has 256 valence electrons. The lowest BCUT2D eigenvalue weighted by Gasteiger charge is -2.25. The first kappa shape index (κ1) is 35.0. The number of thioether (sulfide) groups is 1. The van der Waals surface area contributed by atoms with Crippen LogP contribution in [0.15, 0.2) is 103 Å². The molecule has 0 bridgehead atoms. The van der Waals surface area contributed by atoms with Gasteiger partial charge >= 0.3 is 5.97 Å². The van der Waals surface area contributed by atoms with Crippen LogP contribution >= 0.6 is 23.4 Å². The Bertz CT molecular complexity index is 1920. The Labute approximate surface area is 297 Å². The number of nitrogens with zero attached hydrogens (tertiary/aromatic N) is 2. The summed E-state index contributed by atoms with van der Waals surface area (Å²) in [6, 6.07) is 33.3. The molecule has 0 saturated carbocycles. The van der Waals surface area contributed by atoms with E-state index in [2.05, 4.69) is 38.5 Å². The Hall–Kier alpha value is -3.80. The van der Waals surface area contributed by atoms with Crippen molar-refractivity contribution in [2.75, 3.05) is 50.7 Å². The predicted molar refractivity (Wildman–Crippen MR) is 198 cm³/mol. The zero-order valence-electron chi connectivity index (χ0n) is 27.4. The number of ether oxygens (including phenoxy) is 2. The minimum atomic E-state index is -3.48. The van der Waals surface area contributed by atoms with Gasteiger partial charge in [0.05, 0.1) is 31.1 Å². The topological polar surface area (TPSA) is 89.9 Å². The average Bonchev–Trinajstić information content (AvgIpc) is 3.75. The molecule has 0 aliphatic carbocycles. The minimum absolute atomic E-state index is 0.0677. The summed E-state index contributed by atoms with van der Waals surface area (Å²) in [5.41, 5.74) is 5.74. The second kappa shape index (κ2) is 16.3. The largest absolute Gasteiger partial charge is 0.493 e. The standard InChI is InChI=1S/C38H40ClN3O5S2/c1-46-38(43)30-12-15-32(16-13-30)47-23-19-33-34-26-31(39)14-17-35(34)42(37(28-8-4-2-5-9-28)29-10-6-3-7-11-29)36(33)18-20-40-49(44,45)25-22-41-21-24-48-27-41/h2-17,26,37,40H,18-25,27H2,1H3. The number of rotatable bonds is 15. The molecular formula is C38H40ClN3O5S2. The fourth-order valence-corrected chi connectivity index (χ4v) is 8.62. The van der Waals surface area contributed by atoms with E-state index >= 15 is 0 Å². The van der Waals surface area contributed by atoms with Gasteiger partial charge in [-0.2, -0.15) is 0 Å². The first-order valence-electron chi connectivity index (χ1n) is 16.3. The van der Waals surface area contributed by atoms with Crippen molar-refractivity contribution in [2.24, 2.45) is 0 Å². The van der Waals surface area contributed by atoms with E-state index < -0.39 is 16.0 Å². The van der Waals surface area contributed by atoms with E-state index in [1.165, 1.54) is 7.11 Å². The van der Waals surface area contributed by atoms with E-state index in [4.69, 9.17) is 21.1 Å². The lowest BCUT2D eigenvalue weighted by molar-refractivity contribution is 0.0600. The Kier molecular flexibility index (Phi) is 11.6. The van der Waals surface area contributed by atoms with Gasteiger partial charge in [-0.15, -0.1) is 11.8 Å². The van der Waals surface area contributed by atoms with Crippen LogP contribution in [0.1, 0.15) is 38.8 Å². The first-order valence-corrected chi connectivity index (χ1v) is 19.5. The second-order valence-electron chi connectivity index (χ2n) is 11.9. The van der Waals surface area contributed by atoms with E-state index in [9.17, 15) is 13.2 Å². The molecule has 0 unspecified atom stereocenters. The Morgan fingerprint density at radius 3 is 2.27 bits per heavy atom. The van der Waals surface area contributed by atoms with Gasteiger partial charge in [0.25, 0.3) is 0 Å². The number of esters is 1. The van der Waals surface area contributed by atoms with Gasteiger partial charge < -0.3 is 14.0 Å². The quantitative estimate of drug-likeness (QED) is 0.119. The minimum Gasteiger partial charge on any atom is -0.493 e. The number of carbonyl (C=O) groups excluding carboxylic acids is 1. The number of hydrogen-bond acceptors (Lipinski definition) is 7. The van der Waals surface area contributed by atoms with Gasteiger partial charge in [0.15, 0.2) is 0 Å². The lowest BCUT2D eigenvalue weighted by atomic mass is 9.97. The second-order valence-corrected chi connectivity index (χ2v) is 15.4. The van der Waals surface area contributed by atoms with E-state index in [-0.39, 0.29) is 18.3 Å². The maximum atomic E-state index is 13.1. The van der Waals surface area contributed by atoms with Crippen molar-refractivity contribution < 1.29 is 22.7 Å². The Balaban J connectivity index is 1.36. The molecule has 49 heavy (non-hydrogen) atoms. The van der Waals surface area contributed by atoms with Crippen molar-refractivity contribution in [3.63, 3.8) is 0 Å². The number of carbonyl (C=O) groups is 1. The van der Waals surface area contributed by atoms with E-state index in [1.807, 2.05) is 66.4 Å². The first-order chi connectivity index (χ1) is 23.8. The molecule has 0 spiro atoms. The molecule has 1 N–H and O–H groups in total. The average molecular weight is 718 g/mol.